The molecule has 0 saturated carbocycles. The van der Waals surface area contributed by atoms with Gasteiger partial charge in [-0.3, -0.25) is 4.79 Å². The Morgan fingerprint density at radius 1 is 1.62 bits per heavy atom. The molecule has 0 aliphatic carbocycles. The largest absolute Gasteiger partial charge is 0.467 e. The molecule has 0 rings (SSSR count). The van der Waals surface area contributed by atoms with Gasteiger partial charge in [-0.2, -0.15) is 0 Å². The van der Waals surface area contributed by atoms with Crippen molar-refractivity contribution in [2.75, 3.05) is 7.11 Å². The van der Waals surface area contributed by atoms with Crippen molar-refractivity contribution in [3.05, 3.63) is 12.7 Å². The zero-order chi connectivity index (χ0) is 10.3. The maximum Gasteiger partial charge on any atom is 0.328 e. The fourth-order valence-corrected chi connectivity index (χ4v) is 0.819. The first-order chi connectivity index (χ1) is 6.15. The first-order valence-electron chi connectivity index (χ1n) is 4.13. The third-order valence-corrected chi connectivity index (χ3v) is 1.54. The van der Waals surface area contributed by atoms with Gasteiger partial charge in [-0.05, 0) is 6.42 Å². The standard InChI is InChI=1S/C9H15NO3/c1-4-6-7(9(12)13-3)10-8(11)5-2/h4,7H,1,5-6H2,2-3H3,(H,10,11). The minimum Gasteiger partial charge on any atom is -0.467 e. The highest BCUT2D eigenvalue weighted by Gasteiger charge is 2.18. The van der Waals surface area contributed by atoms with Crippen LogP contribution in [0, 0.1) is 0 Å². The zero-order valence-corrected chi connectivity index (χ0v) is 8.00. The molecule has 0 aromatic heterocycles. The van der Waals surface area contributed by atoms with Gasteiger partial charge in [0.15, 0.2) is 0 Å². The average molecular weight is 185 g/mol. The van der Waals surface area contributed by atoms with Crippen LogP contribution in [0.3, 0.4) is 0 Å². The summed E-state index contributed by atoms with van der Waals surface area (Å²) in [5.41, 5.74) is 0. The SMILES string of the molecule is C=CCC(NC(=O)CC)C(=O)OC. The molecule has 4 nitrogen and oxygen atoms in total. The van der Waals surface area contributed by atoms with E-state index in [-0.39, 0.29) is 5.91 Å². The number of esters is 1. The van der Waals surface area contributed by atoms with E-state index in [1.165, 1.54) is 7.11 Å². The maximum atomic E-state index is 11.1. The van der Waals surface area contributed by atoms with Crippen LogP contribution in [-0.4, -0.2) is 25.0 Å². The molecule has 0 aliphatic heterocycles. The number of hydrogen-bond acceptors (Lipinski definition) is 3. The number of ether oxygens (including phenoxy) is 1. The Bertz CT molecular complexity index is 201. The summed E-state index contributed by atoms with van der Waals surface area (Å²) in [6.07, 6.45) is 2.31. The summed E-state index contributed by atoms with van der Waals surface area (Å²) in [5.74, 6) is -0.612. The van der Waals surface area contributed by atoms with E-state index >= 15 is 0 Å². The van der Waals surface area contributed by atoms with E-state index in [1.807, 2.05) is 0 Å². The molecular weight excluding hydrogens is 170 g/mol. The van der Waals surface area contributed by atoms with Crippen LogP contribution < -0.4 is 5.32 Å². The van der Waals surface area contributed by atoms with Crippen molar-refractivity contribution < 1.29 is 14.3 Å². The van der Waals surface area contributed by atoms with Crippen molar-refractivity contribution in [3.63, 3.8) is 0 Å². The monoisotopic (exact) mass is 185 g/mol. The summed E-state index contributed by atoms with van der Waals surface area (Å²) in [6.45, 7) is 5.21. The van der Waals surface area contributed by atoms with Crippen LogP contribution in [0.15, 0.2) is 12.7 Å². The van der Waals surface area contributed by atoms with Crippen LogP contribution in [0.2, 0.25) is 0 Å². The predicted molar refractivity (Wildman–Crippen MR) is 49.1 cm³/mol. The van der Waals surface area contributed by atoms with Gasteiger partial charge in [-0.25, -0.2) is 4.79 Å². The van der Waals surface area contributed by atoms with Crippen molar-refractivity contribution in [1.29, 1.82) is 0 Å². The van der Waals surface area contributed by atoms with Crippen molar-refractivity contribution in [2.45, 2.75) is 25.8 Å². The van der Waals surface area contributed by atoms with Crippen LogP contribution >= 0.6 is 0 Å². The van der Waals surface area contributed by atoms with Crippen molar-refractivity contribution in [1.82, 2.24) is 5.32 Å². The van der Waals surface area contributed by atoms with Crippen molar-refractivity contribution in [3.8, 4) is 0 Å². The lowest BCUT2D eigenvalue weighted by Crippen LogP contribution is -2.40. The first-order valence-corrected chi connectivity index (χ1v) is 4.13. The zero-order valence-electron chi connectivity index (χ0n) is 8.00. The highest BCUT2D eigenvalue weighted by molar-refractivity contribution is 5.84. The topological polar surface area (TPSA) is 55.4 Å². The van der Waals surface area contributed by atoms with Gasteiger partial charge in [-0.15, -0.1) is 6.58 Å². The summed E-state index contributed by atoms with van der Waals surface area (Å²) in [6, 6.07) is -0.602. The molecule has 1 amide bonds. The van der Waals surface area contributed by atoms with E-state index in [0.29, 0.717) is 12.8 Å². The Morgan fingerprint density at radius 2 is 2.23 bits per heavy atom. The molecule has 1 unspecified atom stereocenters. The van der Waals surface area contributed by atoms with E-state index in [9.17, 15) is 9.59 Å². The number of rotatable bonds is 5. The third-order valence-electron chi connectivity index (χ3n) is 1.54. The van der Waals surface area contributed by atoms with Crippen LogP contribution in [-0.2, 0) is 14.3 Å². The molecule has 13 heavy (non-hydrogen) atoms. The average Bonchev–Trinajstić information content (AvgIpc) is 2.15. The summed E-state index contributed by atoms with van der Waals surface area (Å²) >= 11 is 0. The Kier molecular flexibility index (Phi) is 5.59. The first kappa shape index (κ1) is 11.7. The van der Waals surface area contributed by atoms with Crippen LogP contribution in [0.25, 0.3) is 0 Å². The number of carbonyl (C=O) groups excluding carboxylic acids is 2. The van der Waals surface area contributed by atoms with Crippen molar-refractivity contribution in [2.24, 2.45) is 0 Å². The van der Waals surface area contributed by atoms with E-state index in [1.54, 1.807) is 13.0 Å². The second kappa shape index (κ2) is 6.22. The number of hydrogen-bond donors (Lipinski definition) is 1. The molecule has 0 radical (unpaired) electrons. The molecule has 74 valence electrons. The number of nitrogens with one attached hydrogen (secondary N) is 1. The van der Waals surface area contributed by atoms with Gasteiger partial charge >= 0.3 is 5.97 Å². The van der Waals surface area contributed by atoms with E-state index in [2.05, 4.69) is 16.6 Å². The van der Waals surface area contributed by atoms with E-state index < -0.39 is 12.0 Å². The molecular formula is C9H15NO3. The van der Waals surface area contributed by atoms with Crippen LogP contribution in [0.4, 0.5) is 0 Å². The van der Waals surface area contributed by atoms with E-state index in [4.69, 9.17) is 0 Å². The molecule has 0 aliphatic rings. The molecule has 0 heterocycles. The summed E-state index contributed by atoms with van der Waals surface area (Å²) < 4.78 is 4.51. The minimum absolute atomic E-state index is 0.169. The summed E-state index contributed by atoms with van der Waals surface area (Å²) in [7, 11) is 1.29. The lowest BCUT2D eigenvalue weighted by atomic mass is 10.2. The number of carbonyl (C=O) groups is 2. The molecule has 0 aromatic rings. The number of methoxy groups -OCH3 is 1. The molecule has 0 bridgehead atoms. The fraction of sp³-hybridized carbons (Fsp3) is 0.556. The Hall–Kier alpha value is -1.32. The molecule has 0 saturated heterocycles. The highest BCUT2D eigenvalue weighted by Crippen LogP contribution is 1.96. The van der Waals surface area contributed by atoms with Gasteiger partial charge in [-0.1, -0.05) is 13.0 Å². The van der Waals surface area contributed by atoms with Gasteiger partial charge in [0.1, 0.15) is 6.04 Å². The van der Waals surface area contributed by atoms with Crippen LogP contribution in [0.1, 0.15) is 19.8 Å². The lowest BCUT2D eigenvalue weighted by Gasteiger charge is -2.13. The van der Waals surface area contributed by atoms with Gasteiger partial charge < -0.3 is 10.1 Å². The molecule has 0 aromatic carbocycles. The smallest absolute Gasteiger partial charge is 0.328 e. The predicted octanol–water partition coefficient (Wildman–Crippen LogP) is 0.630. The van der Waals surface area contributed by atoms with Gasteiger partial charge in [0, 0.05) is 6.42 Å². The maximum absolute atomic E-state index is 11.1. The Balaban J connectivity index is 4.16. The highest BCUT2D eigenvalue weighted by atomic mass is 16.5. The molecule has 1 atom stereocenters. The second-order valence-electron chi connectivity index (χ2n) is 2.52. The number of amides is 1. The van der Waals surface area contributed by atoms with Gasteiger partial charge in [0.05, 0.1) is 7.11 Å². The third kappa shape index (κ3) is 4.30. The Morgan fingerprint density at radius 3 is 2.62 bits per heavy atom. The van der Waals surface area contributed by atoms with E-state index in [0.717, 1.165) is 0 Å². The fourth-order valence-electron chi connectivity index (χ4n) is 0.819. The van der Waals surface area contributed by atoms with Gasteiger partial charge in [0.2, 0.25) is 5.91 Å². The quantitative estimate of drug-likeness (QED) is 0.505. The molecule has 0 spiro atoms. The normalized spacial score (nSPS) is 11.5. The minimum atomic E-state index is -0.602. The molecule has 1 N–H and O–H groups in total. The van der Waals surface area contributed by atoms with Gasteiger partial charge in [0.25, 0.3) is 0 Å². The molecule has 4 heteroatoms. The molecule has 0 fully saturated rings. The lowest BCUT2D eigenvalue weighted by molar-refractivity contribution is -0.144. The summed E-state index contributed by atoms with van der Waals surface area (Å²) in [5, 5.41) is 2.53. The Labute approximate surface area is 78.0 Å². The second-order valence-corrected chi connectivity index (χ2v) is 2.52. The van der Waals surface area contributed by atoms with Crippen molar-refractivity contribution >= 4 is 11.9 Å². The summed E-state index contributed by atoms with van der Waals surface area (Å²) in [4.78, 5) is 22.0. The van der Waals surface area contributed by atoms with Crippen LogP contribution in [0.5, 0.6) is 0 Å².